The van der Waals surface area contributed by atoms with Crippen molar-refractivity contribution in [3.8, 4) is 11.8 Å². The third-order valence-corrected chi connectivity index (χ3v) is 2.03. The van der Waals surface area contributed by atoms with Crippen LogP contribution in [-0.2, 0) is 11.2 Å². The van der Waals surface area contributed by atoms with Crippen molar-refractivity contribution in [2.75, 3.05) is 0 Å². The van der Waals surface area contributed by atoms with E-state index in [0.717, 1.165) is 5.56 Å². The second-order valence-corrected chi connectivity index (χ2v) is 3.38. The second kappa shape index (κ2) is 5.47. The van der Waals surface area contributed by atoms with Crippen molar-refractivity contribution in [3.63, 3.8) is 0 Å². The fraction of sp³-hybridized carbons (Fsp3) is 0.250. The zero-order valence-corrected chi connectivity index (χ0v) is 8.77. The van der Waals surface area contributed by atoms with Gasteiger partial charge in [0.1, 0.15) is 5.78 Å². The Bertz CT molecular complexity index is 368. The smallest absolute Gasteiger partial charge is 0.149 e. The van der Waals surface area contributed by atoms with Gasteiger partial charge in [-0.15, -0.1) is 5.92 Å². The lowest BCUT2D eigenvalue weighted by Gasteiger charge is -1.97. The fourth-order valence-electron chi connectivity index (χ4n) is 1.08. The number of carbonyl (C=O) groups is 1. The monoisotopic (exact) mass is 206 g/mol. The minimum absolute atomic E-state index is 0.140. The first kappa shape index (κ1) is 10.8. The summed E-state index contributed by atoms with van der Waals surface area (Å²) in [6.45, 7) is 1.73. The van der Waals surface area contributed by atoms with E-state index in [1.54, 1.807) is 19.1 Å². The van der Waals surface area contributed by atoms with Gasteiger partial charge < -0.3 is 0 Å². The summed E-state index contributed by atoms with van der Waals surface area (Å²) >= 11 is 5.72. The molecule has 1 rings (SSSR count). The van der Waals surface area contributed by atoms with Gasteiger partial charge in [0.05, 0.1) is 6.42 Å². The highest BCUT2D eigenvalue weighted by Gasteiger charge is 2.01. The number of Topliss-reactive ketones (excluding diaryl/α,β-unsaturated/α-hetero) is 1. The predicted octanol–water partition coefficient (Wildman–Crippen LogP) is 2.87. The molecule has 0 aliphatic carbocycles. The first-order chi connectivity index (χ1) is 6.72. The Morgan fingerprint density at radius 2 is 2.00 bits per heavy atom. The first-order valence-corrected chi connectivity index (χ1v) is 4.76. The molecule has 0 unspecified atom stereocenters. The van der Waals surface area contributed by atoms with Crippen LogP contribution in [0.2, 0.25) is 5.02 Å². The molecule has 0 bridgehead atoms. The minimum atomic E-state index is 0.140. The van der Waals surface area contributed by atoms with Gasteiger partial charge in [-0.3, -0.25) is 4.79 Å². The van der Waals surface area contributed by atoms with Crippen molar-refractivity contribution in [3.05, 3.63) is 34.9 Å². The average Bonchev–Trinajstić information content (AvgIpc) is 2.18. The van der Waals surface area contributed by atoms with Gasteiger partial charge in [-0.05, 0) is 24.6 Å². The molecule has 2 heteroatoms. The van der Waals surface area contributed by atoms with Gasteiger partial charge in [0.15, 0.2) is 0 Å². The molecular weight excluding hydrogens is 196 g/mol. The molecule has 72 valence electrons. The Morgan fingerprint density at radius 3 is 2.57 bits per heavy atom. The molecule has 0 spiro atoms. The van der Waals surface area contributed by atoms with Crippen molar-refractivity contribution in [2.45, 2.75) is 19.8 Å². The first-order valence-electron chi connectivity index (χ1n) is 4.38. The SMILES string of the molecule is CC#CCC(=O)Cc1ccc(Cl)cc1. The third-order valence-electron chi connectivity index (χ3n) is 1.78. The van der Waals surface area contributed by atoms with E-state index in [-0.39, 0.29) is 5.78 Å². The number of hydrogen-bond acceptors (Lipinski definition) is 1. The molecular formula is C12H11ClO. The molecule has 0 aliphatic heterocycles. The maximum absolute atomic E-state index is 11.3. The quantitative estimate of drug-likeness (QED) is 0.696. The van der Waals surface area contributed by atoms with Crippen LogP contribution in [-0.4, -0.2) is 5.78 Å². The number of rotatable bonds is 3. The van der Waals surface area contributed by atoms with E-state index in [2.05, 4.69) is 11.8 Å². The van der Waals surface area contributed by atoms with Gasteiger partial charge in [0, 0.05) is 11.4 Å². The van der Waals surface area contributed by atoms with Crippen LogP contribution in [0.25, 0.3) is 0 Å². The number of benzene rings is 1. The molecule has 0 amide bonds. The Hall–Kier alpha value is -1.26. The summed E-state index contributed by atoms with van der Waals surface area (Å²) in [7, 11) is 0. The molecule has 1 aromatic rings. The Labute approximate surface area is 89.1 Å². The van der Waals surface area contributed by atoms with Crippen LogP contribution in [0.4, 0.5) is 0 Å². The summed E-state index contributed by atoms with van der Waals surface area (Å²) in [5.41, 5.74) is 0.984. The van der Waals surface area contributed by atoms with Gasteiger partial charge in [-0.2, -0.15) is 0 Å². The van der Waals surface area contributed by atoms with Gasteiger partial charge in [-0.1, -0.05) is 29.7 Å². The maximum atomic E-state index is 11.3. The molecule has 0 atom stereocenters. The molecule has 0 saturated heterocycles. The standard InChI is InChI=1S/C12H11ClO/c1-2-3-4-12(14)9-10-5-7-11(13)8-6-10/h5-8H,4,9H2,1H3. The maximum Gasteiger partial charge on any atom is 0.149 e. The van der Waals surface area contributed by atoms with Crippen LogP contribution in [0.1, 0.15) is 18.9 Å². The topological polar surface area (TPSA) is 17.1 Å². The Morgan fingerprint density at radius 1 is 1.36 bits per heavy atom. The highest BCUT2D eigenvalue weighted by molar-refractivity contribution is 6.30. The van der Waals surface area contributed by atoms with Crippen LogP contribution in [0.5, 0.6) is 0 Å². The molecule has 1 nitrogen and oxygen atoms in total. The van der Waals surface area contributed by atoms with Crippen molar-refractivity contribution in [1.29, 1.82) is 0 Å². The number of halogens is 1. The minimum Gasteiger partial charge on any atom is -0.298 e. The average molecular weight is 207 g/mol. The van der Waals surface area contributed by atoms with Gasteiger partial charge >= 0.3 is 0 Å². The molecule has 0 radical (unpaired) electrons. The fourth-order valence-corrected chi connectivity index (χ4v) is 1.21. The summed E-state index contributed by atoms with van der Waals surface area (Å²) in [6, 6.07) is 7.30. The van der Waals surface area contributed by atoms with Crippen LogP contribution in [0, 0.1) is 11.8 Å². The summed E-state index contributed by atoms with van der Waals surface area (Å²) in [5.74, 6) is 5.60. The van der Waals surface area contributed by atoms with Crippen molar-refractivity contribution >= 4 is 17.4 Å². The summed E-state index contributed by atoms with van der Waals surface area (Å²) in [5, 5.41) is 0.689. The summed E-state index contributed by atoms with van der Waals surface area (Å²) in [6.07, 6.45) is 0.769. The highest BCUT2D eigenvalue weighted by atomic mass is 35.5. The molecule has 0 aromatic heterocycles. The Balaban J connectivity index is 2.55. The van der Waals surface area contributed by atoms with E-state index in [1.165, 1.54) is 0 Å². The molecule has 1 aromatic carbocycles. The van der Waals surface area contributed by atoms with Crippen LogP contribution in [0.3, 0.4) is 0 Å². The largest absolute Gasteiger partial charge is 0.298 e. The predicted molar refractivity (Wildman–Crippen MR) is 58.2 cm³/mol. The number of carbonyl (C=O) groups excluding carboxylic acids is 1. The molecule has 0 heterocycles. The zero-order valence-electron chi connectivity index (χ0n) is 8.01. The van der Waals surface area contributed by atoms with Crippen LogP contribution >= 0.6 is 11.6 Å². The van der Waals surface area contributed by atoms with E-state index in [0.29, 0.717) is 17.9 Å². The van der Waals surface area contributed by atoms with Crippen molar-refractivity contribution in [1.82, 2.24) is 0 Å². The lowest BCUT2D eigenvalue weighted by atomic mass is 10.1. The molecule has 0 N–H and O–H groups in total. The van der Waals surface area contributed by atoms with Crippen LogP contribution in [0.15, 0.2) is 24.3 Å². The van der Waals surface area contributed by atoms with E-state index in [9.17, 15) is 4.79 Å². The Kier molecular flexibility index (Phi) is 4.22. The number of hydrogen-bond donors (Lipinski definition) is 0. The lowest BCUT2D eigenvalue weighted by molar-refractivity contribution is -0.117. The van der Waals surface area contributed by atoms with E-state index >= 15 is 0 Å². The normalized spacial score (nSPS) is 9.00. The van der Waals surface area contributed by atoms with E-state index < -0.39 is 0 Å². The third kappa shape index (κ3) is 3.64. The molecule has 0 fully saturated rings. The van der Waals surface area contributed by atoms with Gasteiger partial charge in [0.2, 0.25) is 0 Å². The van der Waals surface area contributed by atoms with Gasteiger partial charge in [-0.25, -0.2) is 0 Å². The molecule has 0 aliphatic rings. The summed E-state index contributed by atoms with van der Waals surface area (Å²) < 4.78 is 0. The molecule has 0 saturated carbocycles. The lowest BCUT2D eigenvalue weighted by Crippen LogP contribution is -2.00. The van der Waals surface area contributed by atoms with E-state index in [1.807, 2.05) is 12.1 Å². The van der Waals surface area contributed by atoms with Crippen molar-refractivity contribution < 1.29 is 4.79 Å². The van der Waals surface area contributed by atoms with Gasteiger partial charge in [0.25, 0.3) is 0 Å². The second-order valence-electron chi connectivity index (χ2n) is 2.95. The van der Waals surface area contributed by atoms with Crippen molar-refractivity contribution in [2.24, 2.45) is 0 Å². The summed E-state index contributed by atoms with van der Waals surface area (Å²) in [4.78, 5) is 11.3. The molecule has 14 heavy (non-hydrogen) atoms. The van der Waals surface area contributed by atoms with E-state index in [4.69, 9.17) is 11.6 Å². The highest BCUT2D eigenvalue weighted by Crippen LogP contribution is 2.10. The van der Waals surface area contributed by atoms with Crippen LogP contribution < -0.4 is 0 Å². The number of ketones is 1. The zero-order chi connectivity index (χ0) is 10.4.